The van der Waals surface area contributed by atoms with Crippen LogP contribution in [0.25, 0.3) is 120 Å². The summed E-state index contributed by atoms with van der Waals surface area (Å²) in [5.41, 5.74) is 24.1. The second-order valence-corrected chi connectivity index (χ2v) is 30.6. The molecule has 0 aliphatic heterocycles. The average Bonchev–Trinajstić information content (AvgIpc) is 1.49. The van der Waals surface area contributed by atoms with Crippen LogP contribution >= 0.6 is 0 Å². The molecule has 17 aromatic rings. The number of hydrogen-bond donors (Lipinski definition) is 0. The van der Waals surface area contributed by atoms with Crippen molar-refractivity contribution in [2.24, 2.45) is 0 Å². The third-order valence-corrected chi connectivity index (χ3v) is 20.6. The van der Waals surface area contributed by atoms with Crippen LogP contribution in [0.2, 0.25) is 0 Å². The molecule has 4 aromatic heterocycles. The van der Waals surface area contributed by atoms with Crippen molar-refractivity contribution >= 4 is 132 Å². The minimum absolute atomic E-state index is 0.0146. The maximum atomic E-state index is 2.66. The molecule has 0 saturated heterocycles. The van der Waals surface area contributed by atoms with Gasteiger partial charge in [-0.2, -0.15) is 0 Å². The molecule has 17 rings (SSSR count). The van der Waals surface area contributed by atoms with E-state index in [1.807, 2.05) is 0 Å². The summed E-state index contributed by atoms with van der Waals surface area (Å²) in [6.45, 7) is 27.7. The first-order valence-corrected chi connectivity index (χ1v) is 33.6. The summed E-state index contributed by atoms with van der Waals surface area (Å²) in [7, 11) is 0. The molecule has 0 radical (unpaired) electrons. The van der Waals surface area contributed by atoms with Crippen LogP contribution in [0.15, 0.2) is 255 Å². The van der Waals surface area contributed by atoms with Crippen molar-refractivity contribution < 1.29 is 0 Å². The monoisotopic (exact) mass is 1210 g/mol. The Labute approximate surface area is 551 Å². The minimum Gasteiger partial charge on any atom is -0.310 e. The second-order valence-electron chi connectivity index (χ2n) is 30.6. The van der Waals surface area contributed by atoms with Crippen LogP contribution in [0, 0.1) is 0 Å². The predicted octanol–water partition coefficient (Wildman–Crippen LogP) is 25.8. The quantitative estimate of drug-likeness (QED) is 0.151. The molecule has 0 atom stereocenters. The van der Waals surface area contributed by atoms with Gasteiger partial charge in [-0.3, -0.25) is 0 Å². The van der Waals surface area contributed by atoms with E-state index in [1.165, 1.54) is 142 Å². The number of benzene rings is 13. The summed E-state index contributed by atoms with van der Waals surface area (Å²) in [5.74, 6) is 0. The molecule has 0 amide bonds. The number of para-hydroxylation sites is 2. The number of aromatic nitrogens is 2. The molecular weight excluding hydrogens is 1140 g/mol. The Morgan fingerprint density at radius 3 is 0.904 bits per heavy atom. The lowest BCUT2D eigenvalue weighted by atomic mass is 9.86. The van der Waals surface area contributed by atoms with E-state index in [4.69, 9.17) is 0 Å². The molecule has 0 fully saturated rings. The summed E-state index contributed by atoms with van der Waals surface area (Å²) in [4.78, 5) is 4.91. The Balaban J connectivity index is 0.989. The molecule has 4 heteroatoms. The molecule has 0 saturated carbocycles. The van der Waals surface area contributed by atoms with Gasteiger partial charge in [0, 0.05) is 87.7 Å². The van der Waals surface area contributed by atoms with E-state index in [2.05, 4.69) is 356 Å². The van der Waals surface area contributed by atoms with Gasteiger partial charge in [0.05, 0.1) is 44.5 Å². The zero-order chi connectivity index (χ0) is 64.5. The lowest BCUT2D eigenvalue weighted by molar-refractivity contribution is 0.590. The third kappa shape index (κ3) is 8.78. The summed E-state index contributed by atoms with van der Waals surface area (Å²) >= 11 is 0. The van der Waals surface area contributed by atoms with Gasteiger partial charge in [-0.25, -0.2) is 0 Å². The van der Waals surface area contributed by atoms with Crippen LogP contribution in [0.1, 0.15) is 105 Å². The highest BCUT2D eigenvalue weighted by molar-refractivity contribution is 6.38. The molecule has 0 aliphatic carbocycles. The van der Waals surface area contributed by atoms with Crippen LogP contribution in [0.4, 0.5) is 34.1 Å². The molecule has 0 bridgehead atoms. The maximum absolute atomic E-state index is 2.66. The Morgan fingerprint density at radius 1 is 0.245 bits per heavy atom. The van der Waals surface area contributed by atoms with E-state index >= 15 is 0 Å². The summed E-state index contributed by atoms with van der Waals surface area (Å²) in [6, 6.07) is 97.3. The smallest absolute Gasteiger partial charge is 0.0634 e. The Bertz CT molecular complexity index is 5480. The van der Waals surface area contributed by atoms with E-state index in [0.717, 1.165) is 34.1 Å². The fourth-order valence-electron chi connectivity index (χ4n) is 15.6. The second kappa shape index (κ2) is 20.5. The molecule has 4 heterocycles. The zero-order valence-electron chi connectivity index (χ0n) is 56.0. The van der Waals surface area contributed by atoms with E-state index in [9.17, 15) is 0 Å². The van der Waals surface area contributed by atoms with Crippen molar-refractivity contribution in [3.8, 4) is 22.3 Å². The maximum Gasteiger partial charge on any atom is 0.0634 e. The van der Waals surface area contributed by atoms with Crippen LogP contribution in [-0.4, -0.2) is 8.80 Å². The van der Waals surface area contributed by atoms with Gasteiger partial charge in [0.15, 0.2) is 0 Å². The number of nitrogens with zero attached hydrogens (tertiary/aromatic N) is 4. The van der Waals surface area contributed by atoms with Crippen molar-refractivity contribution in [1.82, 2.24) is 8.80 Å². The minimum atomic E-state index is -0.0362. The first kappa shape index (κ1) is 57.5. The number of anilines is 6. The van der Waals surface area contributed by atoms with Gasteiger partial charge in [-0.1, -0.05) is 253 Å². The van der Waals surface area contributed by atoms with Gasteiger partial charge < -0.3 is 18.6 Å². The number of rotatable bonds is 8. The molecule has 13 aromatic carbocycles. The molecule has 0 aliphatic rings. The molecule has 0 spiro atoms. The highest BCUT2D eigenvalue weighted by Gasteiger charge is 2.33. The number of hydrogen-bond acceptors (Lipinski definition) is 2. The standard InChI is InChI=1S/C90H78N4/c1-87(2,3)59-37-47-65(48-38-59)91(75-31-17-23-55-21-13-15-25-67(55)75)63-43-33-57(34-44-63)79-81-71-29-19-27-69-74-54-62(90(10,11)12)42-52-78(74)94(83(69)71)86(81)80(82-72-30-20-28-70-73-53-61(89(7,8)9)41-51-77(73)93(84(70)72)85(79)82)58-35-45-64(46-36-58)92(66-49-39-60(40-50-66)88(4,5)6)76-32-18-24-56-22-14-16-26-68(56)76/h13-54H,1-12H3. The Hall–Kier alpha value is -10.4. The van der Waals surface area contributed by atoms with Crippen molar-refractivity contribution in [3.63, 3.8) is 0 Å². The van der Waals surface area contributed by atoms with E-state index in [1.54, 1.807) is 0 Å². The Kier molecular flexibility index (Phi) is 12.6. The highest BCUT2D eigenvalue weighted by Crippen LogP contribution is 2.55. The normalized spacial score (nSPS) is 12.9. The summed E-state index contributed by atoms with van der Waals surface area (Å²) in [5, 5.41) is 14.9. The first-order valence-electron chi connectivity index (χ1n) is 33.6. The zero-order valence-corrected chi connectivity index (χ0v) is 56.0. The topological polar surface area (TPSA) is 15.3 Å². The molecule has 0 unspecified atom stereocenters. The lowest BCUT2D eigenvalue weighted by Crippen LogP contribution is -2.13. The molecule has 458 valence electrons. The molecule has 4 nitrogen and oxygen atoms in total. The molecular formula is C90H78N4. The van der Waals surface area contributed by atoms with Crippen LogP contribution < -0.4 is 9.80 Å². The first-order chi connectivity index (χ1) is 45.2. The van der Waals surface area contributed by atoms with Gasteiger partial charge in [-0.05, 0) is 151 Å². The van der Waals surface area contributed by atoms with E-state index < -0.39 is 0 Å². The lowest BCUT2D eigenvalue weighted by Gasteiger charge is -2.28. The van der Waals surface area contributed by atoms with Crippen LogP contribution in [-0.2, 0) is 21.7 Å². The van der Waals surface area contributed by atoms with Crippen molar-refractivity contribution in [1.29, 1.82) is 0 Å². The van der Waals surface area contributed by atoms with Gasteiger partial charge >= 0.3 is 0 Å². The highest BCUT2D eigenvalue weighted by atomic mass is 15.1. The van der Waals surface area contributed by atoms with Gasteiger partial charge in [0.25, 0.3) is 0 Å². The predicted molar refractivity (Wildman–Crippen MR) is 406 cm³/mol. The number of fused-ring (bicyclic) bond motifs is 14. The van der Waals surface area contributed by atoms with Crippen molar-refractivity contribution in [3.05, 3.63) is 277 Å². The summed E-state index contributed by atoms with van der Waals surface area (Å²) < 4.78 is 5.32. The SMILES string of the molecule is CC(C)(C)c1ccc(N(c2ccc(-c3c4c5cccc6c7cc(C(C)(C)C)ccc7n(c4c(-c4ccc(N(c7ccc(C(C)(C)C)cc7)c7cccc8ccccc78)cc4)c4c7cccc8c9cc(C(C)(C)C)ccc9n(c34)c87)c65)cc2)c2cccc3ccccc23)cc1. The molecule has 94 heavy (non-hydrogen) atoms. The van der Waals surface area contributed by atoms with Gasteiger partial charge in [0.2, 0.25) is 0 Å². The van der Waals surface area contributed by atoms with Gasteiger partial charge in [0.1, 0.15) is 0 Å². The van der Waals surface area contributed by atoms with Crippen molar-refractivity contribution in [2.75, 3.05) is 9.80 Å². The largest absolute Gasteiger partial charge is 0.310 e. The fraction of sp³-hybridized carbons (Fsp3) is 0.178. The Morgan fingerprint density at radius 2 is 0.543 bits per heavy atom. The fourth-order valence-corrected chi connectivity index (χ4v) is 15.6. The molecule has 0 N–H and O–H groups in total. The van der Waals surface area contributed by atoms with Crippen molar-refractivity contribution in [2.45, 2.75) is 105 Å². The van der Waals surface area contributed by atoms with Gasteiger partial charge in [-0.15, -0.1) is 0 Å². The van der Waals surface area contributed by atoms with E-state index in [-0.39, 0.29) is 21.7 Å². The van der Waals surface area contributed by atoms with Crippen LogP contribution in [0.5, 0.6) is 0 Å². The van der Waals surface area contributed by atoms with E-state index in [0.29, 0.717) is 0 Å². The summed E-state index contributed by atoms with van der Waals surface area (Å²) in [6.07, 6.45) is 0. The third-order valence-electron chi connectivity index (χ3n) is 20.6. The average molecular weight is 1220 g/mol. The van der Waals surface area contributed by atoms with Crippen LogP contribution in [0.3, 0.4) is 0 Å².